The minimum absolute atomic E-state index is 0.276. The number of fused-ring (bicyclic) bond motifs is 1. The van der Waals surface area contributed by atoms with E-state index in [9.17, 15) is 0 Å². The van der Waals surface area contributed by atoms with Gasteiger partial charge in [-0.2, -0.15) is 0 Å². The van der Waals surface area contributed by atoms with Crippen molar-refractivity contribution in [1.29, 1.82) is 0 Å². The highest BCUT2D eigenvalue weighted by Gasteiger charge is 2.15. The summed E-state index contributed by atoms with van der Waals surface area (Å²) in [5.41, 5.74) is 3.74. The van der Waals surface area contributed by atoms with Crippen LogP contribution in [0.3, 0.4) is 0 Å². The summed E-state index contributed by atoms with van der Waals surface area (Å²) in [5, 5.41) is 5.46. The van der Waals surface area contributed by atoms with Crippen molar-refractivity contribution in [2.45, 2.75) is 25.8 Å². The van der Waals surface area contributed by atoms with Crippen LogP contribution >= 0.6 is 11.3 Å². The molecule has 0 saturated carbocycles. The summed E-state index contributed by atoms with van der Waals surface area (Å²) in [6.07, 6.45) is 9.88. The SMILES string of the molecule is CCc1cnccc1C(Cc1cn2ccsc2n1)NC. The van der Waals surface area contributed by atoms with Gasteiger partial charge in [0, 0.05) is 42.6 Å². The van der Waals surface area contributed by atoms with Crippen molar-refractivity contribution in [2.24, 2.45) is 0 Å². The smallest absolute Gasteiger partial charge is 0.193 e. The molecule has 0 amide bonds. The molecule has 3 heterocycles. The van der Waals surface area contributed by atoms with Gasteiger partial charge in [0.25, 0.3) is 0 Å². The fourth-order valence-corrected chi connectivity index (χ4v) is 3.24. The molecule has 3 rings (SSSR count). The van der Waals surface area contributed by atoms with Crippen molar-refractivity contribution in [3.05, 3.63) is 53.1 Å². The van der Waals surface area contributed by atoms with Crippen LogP contribution in [0.2, 0.25) is 0 Å². The summed E-state index contributed by atoms with van der Waals surface area (Å²) in [6, 6.07) is 2.39. The van der Waals surface area contributed by atoms with Crippen LogP contribution in [0, 0.1) is 0 Å². The molecule has 0 spiro atoms. The van der Waals surface area contributed by atoms with Gasteiger partial charge in [-0.05, 0) is 30.7 Å². The third-order valence-corrected chi connectivity index (χ3v) is 4.37. The van der Waals surface area contributed by atoms with Crippen LogP contribution in [0.25, 0.3) is 4.96 Å². The highest BCUT2D eigenvalue weighted by molar-refractivity contribution is 7.15. The highest BCUT2D eigenvalue weighted by atomic mass is 32.1. The van der Waals surface area contributed by atoms with Crippen molar-refractivity contribution < 1.29 is 0 Å². The Labute approximate surface area is 122 Å². The molecule has 5 heteroatoms. The average Bonchev–Trinajstić information content (AvgIpc) is 3.05. The molecular formula is C15H18N4S. The number of likely N-dealkylation sites (N-methyl/N-ethyl adjacent to an activating group) is 1. The van der Waals surface area contributed by atoms with Crippen molar-refractivity contribution in [1.82, 2.24) is 19.7 Å². The van der Waals surface area contributed by atoms with E-state index in [0.717, 1.165) is 23.5 Å². The normalized spacial score (nSPS) is 12.9. The molecule has 0 aliphatic rings. The topological polar surface area (TPSA) is 42.2 Å². The van der Waals surface area contributed by atoms with Gasteiger partial charge in [0.15, 0.2) is 4.96 Å². The van der Waals surface area contributed by atoms with E-state index in [-0.39, 0.29) is 6.04 Å². The summed E-state index contributed by atoms with van der Waals surface area (Å²) in [7, 11) is 2.00. The largest absolute Gasteiger partial charge is 0.313 e. The number of rotatable bonds is 5. The number of aromatic nitrogens is 3. The lowest BCUT2D eigenvalue weighted by Gasteiger charge is -2.18. The molecule has 104 valence electrons. The first kappa shape index (κ1) is 13.3. The number of imidazole rings is 1. The van der Waals surface area contributed by atoms with E-state index in [1.54, 1.807) is 11.3 Å². The van der Waals surface area contributed by atoms with E-state index in [4.69, 9.17) is 0 Å². The lowest BCUT2D eigenvalue weighted by molar-refractivity contribution is 0.580. The van der Waals surface area contributed by atoms with Crippen molar-refractivity contribution >= 4 is 16.3 Å². The number of hydrogen-bond acceptors (Lipinski definition) is 4. The van der Waals surface area contributed by atoms with Gasteiger partial charge in [0.2, 0.25) is 0 Å². The maximum Gasteiger partial charge on any atom is 0.193 e. The van der Waals surface area contributed by atoms with Gasteiger partial charge >= 0.3 is 0 Å². The van der Waals surface area contributed by atoms with Crippen LogP contribution in [0.15, 0.2) is 36.2 Å². The fourth-order valence-electron chi connectivity index (χ4n) is 2.52. The van der Waals surface area contributed by atoms with Gasteiger partial charge < -0.3 is 5.32 Å². The monoisotopic (exact) mass is 286 g/mol. The quantitative estimate of drug-likeness (QED) is 0.784. The number of aryl methyl sites for hydroxylation is 1. The van der Waals surface area contributed by atoms with Crippen LogP contribution in [-0.4, -0.2) is 21.4 Å². The van der Waals surface area contributed by atoms with E-state index < -0.39 is 0 Å². The van der Waals surface area contributed by atoms with Crippen LogP contribution in [-0.2, 0) is 12.8 Å². The lowest BCUT2D eigenvalue weighted by Crippen LogP contribution is -2.20. The zero-order chi connectivity index (χ0) is 13.9. The molecule has 0 bridgehead atoms. The molecule has 3 aromatic heterocycles. The summed E-state index contributed by atoms with van der Waals surface area (Å²) < 4.78 is 2.08. The molecule has 0 fully saturated rings. The van der Waals surface area contributed by atoms with Crippen molar-refractivity contribution in [2.75, 3.05) is 7.05 Å². The Morgan fingerprint density at radius 1 is 1.45 bits per heavy atom. The van der Waals surface area contributed by atoms with Crippen LogP contribution < -0.4 is 5.32 Å². The maximum absolute atomic E-state index is 4.67. The molecule has 1 atom stereocenters. The highest BCUT2D eigenvalue weighted by Crippen LogP contribution is 2.22. The standard InChI is InChI=1S/C15H18N4S/c1-3-11-9-17-5-4-13(11)14(16-2)8-12-10-19-6-7-20-15(19)18-12/h4-7,9-10,14,16H,3,8H2,1-2H3. The molecule has 0 saturated heterocycles. The molecule has 0 aliphatic carbocycles. The average molecular weight is 286 g/mol. The third kappa shape index (κ3) is 2.46. The minimum atomic E-state index is 0.276. The van der Waals surface area contributed by atoms with Gasteiger partial charge in [0.1, 0.15) is 0 Å². The molecular weight excluding hydrogens is 268 g/mol. The Bertz CT molecular complexity index is 672. The second kappa shape index (κ2) is 5.73. The molecule has 0 aromatic carbocycles. The lowest BCUT2D eigenvalue weighted by atomic mass is 9.97. The van der Waals surface area contributed by atoms with Gasteiger partial charge in [0.05, 0.1) is 5.69 Å². The molecule has 1 unspecified atom stereocenters. The first-order valence-corrected chi connectivity index (χ1v) is 7.71. The molecule has 3 aromatic rings. The van der Waals surface area contributed by atoms with Crippen molar-refractivity contribution in [3.63, 3.8) is 0 Å². The second-order valence-electron chi connectivity index (χ2n) is 4.80. The summed E-state index contributed by atoms with van der Waals surface area (Å²) in [6.45, 7) is 2.17. The maximum atomic E-state index is 4.67. The fraction of sp³-hybridized carbons (Fsp3) is 0.333. The van der Waals surface area contributed by atoms with E-state index in [1.165, 1.54) is 11.1 Å². The molecule has 1 N–H and O–H groups in total. The Kier molecular flexibility index (Phi) is 3.80. The summed E-state index contributed by atoms with van der Waals surface area (Å²) in [5.74, 6) is 0. The minimum Gasteiger partial charge on any atom is -0.313 e. The van der Waals surface area contributed by atoms with Crippen molar-refractivity contribution in [3.8, 4) is 0 Å². The molecule has 0 radical (unpaired) electrons. The van der Waals surface area contributed by atoms with E-state index in [0.29, 0.717) is 0 Å². The Hall–Kier alpha value is -1.72. The zero-order valence-electron chi connectivity index (χ0n) is 11.7. The Balaban J connectivity index is 1.88. The van der Waals surface area contributed by atoms with Crippen LogP contribution in [0.4, 0.5) is 0 Å². The van der Waals surface area contributed by atoms with E-state index in [1.807, 2.05) is 19.4 Å². The van der Waals surface area contributed by atoms with Crippen LogP contribution in [0.5, 0.6) is 0 Å². The van der Waals surface area contributed by atoms with Gasteiger partial charge in [-0.1, -0.05) is 6.92 Å². The predicted octanol–water partition coefficient (Wildman–Crippen LogP) is 2.86. The predicted molar refractivity (Wildman–Crippen MR) is 82.2 cm³/mol. The van der Waals surface area contributed by atoms with Gasteiger partial charge in [-0.3, -0.25) is 9.38 Å². The molecule has 0 aliphatic heterocycles. The van der Waals surface area contributed by atoms with Gasteiger partial charge in [-0.25, -0.2) is 4.98 Å². The van der Waals surface area contributed by atoms with Crippen LogP contribution in [0.1, 0.15) is 29.8 Å². The number of pyridine rings is 1. The molecule has 20 heavy (non-hydrogen) atoms. The number of nitrogens with one attached hydrogen (secondary N) is 1. The van der Waals surface area contributed by atoms with Gasteiger partial charge in [-0.15, -0.1) is 11.3 Å². The first-order valence-electron chi connectivity index (χ1n) is 6.83. The zero-order valence-corrected chi connectivity index (χ0v) is 12.5. The summed E-state index contributed by atoms with van der Waals surface area (Å²) in [4.78, 5) is 9.94. The van der Waals surface area contributed by atoms with E-state index in [2.05, 4.69) is 50.4 Å². The number of thiazole rings is 1. The molecule has 4 nitrogen and oxygen atoms in total. The number of hydrogen-bond donors (Lipinski definition) is 1. The van der Waals surface area contributed by atoms with E-state index >= 15 is 0 Å². The summed E-state index contributed by atoms with van der Waals surface area (Å²) >= 11 is 1.67. The number of nitrogens with zero attached hydrogens (tertiary/aromatic N) is 3. The Morgan fingerprint density at radius 2 is 2.35 bits per heavy atom. The third-order valence-electron chi connectivity index (χ3n) is 3.60. The second-order valence-corrected chi connectivity index (χ2v) is 5.67. The first-order chi connectivity index (χ1) is 9.81. The Morgan fingerprint density at radius 3 is 3.10 bits per heavy atom.